The Morgan fingerprint density at radius 3 is 2.86 bits per heavy atom. The molecule has 4 heterocycles. The summed E-state index contributed by atoms with van der Waals surface area (Å²) in [4.78, 5) is 24.1. The number of hydrogen-bond donors (Lipinski definition) is 1. The van der Waals surface area contributed by atoms with E-state index in [9.17, 15) is 9.90 Å². The lowest BCUT2D eigenvalue weighted by Crippen LogP contribution is -2.30. The van der Waals surface area contributed by atoms with Crippen molar-refractivity contribution >= 4 is 22.5 Å². The number of benzene rings is 1. The molecule has 0 radical (unpaired) electrons. The summed E-state index contributed by atoms with van der Waals surface area (Å²) in [7, 11) is 0. The van der Waals surface area contributed by atoms with Crippen molar-refractivity contribution in [3.8, 4) is 0 Å². The third kappa shape index (κ3) is 3.25. The molecule has 1 fully saturated rings. The molecule has 1 aromatic carbocycles. The Balaban J connectivity index is 1.36. The minimum absolute atomic E-state index is 0.0335. The molecule has 29 heavy (non-hydrogen) atoms. The topological polar surface area (TPSA) is 70.7 Å². The number of rotatable bonds is 3. The van der Waals surface area contributed by atoms with Gasteiger partial charge in [0.25, 0.3) is 5.91 Å². The number of carbonyl (C=O) groups excluding carboxylic acids is 1. The van der Waals surface area contributed by atoms with Gasteiger partial charge in [0.05, 0.1) is 22.9 Å². The number of fused-ring (bicyclic) bond motifs is 2. The van der Waals surface area contributed by atoms with Gasteiger partial charge in [0, 0.05) is 42.5 Å². The summed E-state index contributed by atoms with van der Waals surface area (Å²) >= 11 is 0. The van der Waals surface area contributed by atoms with Crippen LogP contribution in [0.4, 0.5) is 0 Å². The molecule has 1 N–H and O–H groups in total. The molecule has 146 valence electrons. The normalized spacial score (nSPS) is 19.3. The van der Waals surface area contributed by atoms with Crippen molar-refractivity contribution in [2.75, 3.05) is 13.1 Å². The largest absolute Gasteiger partial charge is 0.391 e. The Bertz CT molecular complexity index is 1220. The third-order valence-electron chi connectivity index (χ3n) is 5.65. The van der Waals surface area contributed by atoms with Gasteiger partial charge in [0.1, 0.15) is 5.65 Å². The maximum atomic E-state index is 13.1. The molecule has 4 aromatic rings. The minimum atomic E-state index is -0.562. The molecule has 2 atom stereocenters. The Hall–Kier alpha value is -3.25. The number of carbonyl (C=O) groups is 1. The minimum Gasteiger partial charge on any atom is -0.391 e. The smallest absolute Gasteiger partial charge is 0.257 e. The number of aliphatic hydroxyl groups excluding tert-OH is 1. The molecule has 0 spiro atoms. The fourth-order valence-corrected chi connectivity index (χ4v) is 4.18. The number of hydrogen-bond acceptors (Lipinski definition) is 4. The molecule has 0 bridgehead atoms. The molecule has 1 aliphatic rings. The van der Waals surface area contributed by atoms with Crippen LogP contribution in [-0.4, -0.2) is 49.5 Å². The molecular formula is C23H22N4O2. The maximum Gasteiger partial charge on any atom is 0.257 e. The van der Waals surface area contributed by atoms with Crippen molar-refractivity contribution in [2.45, 2.75) is 19.4 Å². The van der Waals surface area contributed by atoms with E-state index in [-0.39, 0.29) is 11.8 Å². The number of β-amino-alcohol motifs (C(OH)–C–C–N with tert-alkyl or cyclic N) is 1. The molecule has 6 nitrogen and oxygen atoms in total. The summed E-state index contributed by atoms with van der Waals surface area (Å²) in [6, 6.07) is 15.7. The van der Waals surface area contributed by atoms with Gasteiger partial charge in [0.15, 0.2) is 0 Å². The third-order valence-corrected chi connectivity index (χ3v) is 5.65. The summed E-state index contributed by atoms with van der Waals surface area (Å²) in [5.41, 5.74) is 3.98. The lowest BCUT2D eigenvalue weighted by atomic mass is 9.99. The Morgan fingerprint density at radius 1 is 1.10 bits per heavy atom. The van der Waals surface area contributed by atoms with Gasteiger partial charge in [-0.05, 0) is 37.6 Å². The number of pyridine rings is 2. The fourth-order valence-electron chi connectivity index (χ4n) is 4.18. The highest BCUT2D eigenvalue weighted by atomic mass is 16.3. The van der Waals surface area contributed by atoms with E-state index in [1.165, 1.54) is 0 Å². The highest BCUT2D eigenvalue weighted by molar-refractivity contribution is 6.00. The van der Waals surface area contributed by atoms with E-state index in [4.69, 9.17) is 4.98 Å². The van der Waals surface area contributed by atoms with Crippen molar-refractivity contribution in [3.05, 3.63) is 77.9 Å². The highest BCUT2D eigenvalue weighted by Crippen LogP contribution is 2.24. The van der Waals surface area contributed by atoms with E-state index in [1.807, 2.05) is 60.1 Å². The van der Waals surface area contributed by atoms with Crippen LogP contribution in [0.5, 0.6) is 0 Å². The van der Waals surface area contributed by atoms with Gasteiger partial charge >= 0.3 is 0 Å². The SMILES string of the molecule is Cc1cn2cccc(C(=O)N3C[C@@H](Cc4ccc5ccccc5n4)[C@H](O)C3)c2n1. The van der Waals surface area contributed by atoms with Gasteiger partial charge in [0.2, 0.25) is 0 Å². The molecule has 1 amide bonds. The van der Waals surface area contributed by atoms with Crippen LogP contribution in [0.25, 0.3) is 16.6 Å². The van der Waals surface area contributed by atoms with Crippen molar-refractivity contribution in [2.24, 2.45) is 5.92 Å². The zero-order chi connectivity index (χ0) is 20.0. The summed E-state index contributed by atoms with van der Waals surface area (Å²) in [5.74, 6) is -0.122. The Labute approximate surface area is 168 Å². The van der Waals surface area contributed by atoms with Gasteiger partial charge in [-0.2, -0.15) is 0 Å². The zero-order valence-electron chi connectivity index (χ0n) is 16.2. The first-order valence-electron chi connectivity index (χ1n) is 9.85. The Morgan fingerprint density at radius 2 is 1.97 bits per heavy atom. The number of aliphatic hydroxyl groups is 1. The molecule has 0 unspecified atom stereocenters. The van der Waals surface area contributed by atoms with Crippen LogP contribution in [-0.2, 0) is 6.42 Å². The summed E-state index contributed by atoms with van der Waals surface area (Å²) in [6.45, 7) is 2.75. The van der Waals surface area contributed by atoms with Gasteiger partial charge in [-0.1, -0.05) is 24.3 Å². The van der Waals surface area contributed by atoms with Crippen molar-refractivity contribution in [1.82, 2.24) is 19.3 Å². The van der Waals surface area contributed by atoms with Crippen LogP contribution < -0.4 is 0 Å². The predicted octanol–water partition coefficient (Wildman–Crippen LogP) is 2.87. The van der Waals surface area contributed by atoms with Crippen molar-refractivity contribution < 1.29 is 9.90 Å². The van der Waals surface area contributed by atoms with Gasteiger partial charge in [-0.25, -0.2) is 4.98 Å². The summed E-state index contributed by atoms with van der Waals surface area (Å²) < 4.78 is 1.87. The first kappa shape index (κ1) is 17.8. The quantitative estimate of drug-likeness (QED) is 0.588. The van der Waals surface area contributed by atoms with Crippen molar-refractivity contribution in [3.63, 3.8) is 0 Å². The van der Waals surface area contributed by atoms with E-state index in [0.29, 0.717) is 30.7 Å². The number of imidazole rings is 1. The van der Waals surface area contributed by atoms with Crippen LogP contribution in [0, 0.1) is 12.8 Å². The first-order valence-corrected chi connectivity index (χ1v) is 9.85. The standard InChI is InChI=1S/C23H22N4O2/c1-15-12-26-10-4-6-19(22(26)24-15)23(29)27-13-17(21(28)14-27)11-18-9-8-16-5-2-3-7-20(16)25-18/h2-10,12,17,21,28H,11,13-14H2,1H3/t17-,21-/m1/s1. The lowest BCUT2D eigenvalue weighted by Gasteiger charge is -2.16. The summed E-state index contributed by atoms with van der Waals surface area (Å²) in [6.07, 6.45) is 3.87. The van der Waals surface area contributed by atoms with Crippen LogP contribution >= 0.6 is 0 Å². The summed E-state index contributed by atoms with van der Waals surface area (Å²) in [5, 5.41) is 11.7. The van der Waals surface area contributed by atoms with E-state index >= 15 is 0 Å². The average molecular weight is 386 g/mol. The second-order valence-electron chi connectivity index (χ2n) is 7.77. The van der Waals surface area contributed by atoms with E-state index in [2.05, 4.69) is 11.1 Å². The molecular weight excluding hydrogens is 364 g/mol. The second-order valence-corrected chi connectivity index (χ2v) is 7.77. The molecule has 6 heteroatoms. The van der Waals surface area contributed by atoms with E-state index in [1.54, 1.807) is 11.0 Å². The number of likely N-dealkylation sites (tertiary alicyclic amines) is 1. The highest BCUT2D eigenvalue weighted by Gasteiger charge is 2.35. The van der Waals surface area contributed by atoms with Crippen LogP contribution in [0.2, 0.25) is 0 Å². The number of aromatic nitrogens is 3. The van der Waals surface area contributed by atoms with Gasteiger partial charge in [-0.3, -0.25) is 9.78 Å². The van der Waals surface area contributed by atoms with E-state index < -0.39 is 6.10 Å². The fraction of sp³-hybridized carbons (Fsp3) is 0.261. The molecule has 3 aromatic heterocycles. The van der Waals surface area contributed by atoms with Gasteiger partial charge < -0.3 is 14.4 Å². The predicted molar refractivity (Wildman–Crippen MR) is 111 cm³/mol. The zero-order valence-corrected chi connectivity index (χ0v) is 16.2. The monoisotopic (exact) mass is 386 g/mol. The van der Waals surface area contributed by atoms with Crippen LogP contribution in [0.3, 0.4) is 0 Å². The number of aryl methyl sites for hydroxylation is 1. The number of para-hydroxylation sites is 1. The second kappa shape index (κ2) is 6.97. The van der Waals surface area contributed by atoms with Gasteiger partial charge in [-0.15, -0.1) is 0 Å². The van der Waals surface area contributed by atoms with E-state index in [0.717, 1.165) is 22.3 Å². The van der Waals surface area contributed by atoms with Crippen LogP contribution in [0.1, 0.15) is 21.7 Å². The number of amides is 1. The Kier molecular flexibility index (Phi) is 4.28. The first-order chi connectivity index (χ1) is 14.1. The average Bonchev–Trinajstić information content (AvgIpc) is 3.29. The van der Waals surface area contributed by atoms with Crippen molar-refractivity contribution in [1.29, 1.82) is 0 Å². The molecule has 0 aliphatic carbocycles. The number of nitrogens with zero attached hydrogens (tertiary/aromatic N) is 4. The molecule has 1 saturated heterocycles. The lowest BCUT2D eigenvalue weighted by molar-refractivity contribution is 0.0766. The molecule has 0 saturated carbocycles. The molecule has 1 aliphatic heterocycles. The maximum absolute atomic E-state index is 13.1. The van der Waals surface area contributed by atoms with Crippen LogP contribution in [0.15, 0.2) is 60.9 Å². The molecule has 5 rings (SSSR count).